The maximum atomic E-state index is 5.01. The zero-order valence-corrected chi connectivity index (χ0v) is 7.89. The highest BCUT2D eigenvalue weighted by Gasteiger charge is 1.92. The highest BCUT2D eigenvalue weighted by atomic mass is 16.5. The Hall–Kier alpha value is -0.120. The summed E-state index contributed by atoms with van der Waals surface area (Å²) < 4.78 is 5.01. The molecule has 1 saturated heterocycles. The lowest BCUT2D eigenvalue weighted by Crippen LogP contribution is -2.30. The molecule has 0 amide bonds. The Morgan fingerprint density at radius 1 is 1.27 bits per heavy atom. The van der Waals surface area contributed by atoms with Crippen molar-refractivity contribution in [1.82, 2.24) is 10.2 Å². The maximum Gasteiger partial charge on any atom is 0.0591 e. The van der Waals surface area contributed by atoms with Crippen LogP contribution in [0.2, 0.25) is 0 Å². The van der Waals surface area contributed by atoms with Gasteiger partial charge in [0, 0.05) is 13.1 Å². The van der Waals surface area contributed by atoms with Gasteiger partial charge >= 0.3 is 0 Å². The minimum absolute atomic E-state index is 0.889. The van der Waals surface area contributed by atoms with Crippen molar-refractivity contribution < 1.29 is 4.74 Å². The molecule has 0 spiro atoms. The number of nitrogens with zero attached hydrogens (tertiary/aromatic N) is 1. The Kier molecular flexibility index (Phi) is 7.89. The van der Waals surface area contributed by atoms with Crippen molar-refractivity contribution >= 4 is 0 Å². The number of morpholine rings is 1. The highest BCUT2D eigenvalue weighted by Crippen LogP contribution is 1.76. The molecule has 0 aromatic heterocycles. The van der Waals surface area contributed by atoms with Crippen molar-refractivity contribution in [3.8, 4) is 0 Å². The minimum atomic E-state index is 0.889. The van der Waals surface area contributed by atoms with Gasteiger partial charge in [0.15, 0.2) is 0 Å². The van der Waals surface area contributed by atoms with Crippen molar-refractivity contribution in [3.05, 3.63) is 0 Å². The van der Waals surface area contributed by atoms with E-state index < -0.39 is 0 Å². The fraction of sp³-hybridized carbons (Fsp3) is 1.00. The van der Waals surface area contributed by atoms with Gasteiger partial charge in [-0.15, -0.1) is 0 Å². The minimum Gasteiger partial charge on any atom is -0.379 e. The van der Waals surface area contributed by atoms with Crippen molar-refractivity contribution in [2.24, 2.45) is 0 Å². The summed E-state index contributed by atoms with van der Waals surface area (Å²) >= 11 is 0. The third-order valence-electron chi connectivity index (χ3n) is 1.48. The molecule has 1 fully saturated rings. The van der Waals surface area contributed by atoms with Crippen LogP contribution in [0.3, 0.4) is 0 Å². The molecule has 1 aliphatic heterocycles. The summed E-state index contributed by atoms with van der Waals surface area (Å²) in [6.45, 7) is 7.10. The molecule has 0 unspecified atom stereocenters. The zero-order chi connectivity index (χ0) is 8.53. The molecular weight excluding hydrogens is 140 g/mol. The number of rotatable bonds is 1. The molecule has 0 bridgehead atoms. The van der Waals surface area contributed by atoms with Gasteiger partial charge in [-0.25, -0.2) is 0 Å². The van der Waals surface area contributed by atoms with Crippen molar-refractivity contribution in [2.75, 3.05) is 46.9 Å². The van der Waals surface area contributed by atoms with Crippen LogP contribution in [0.1, 0.15) is 6.92 Å². The van der Waals surface area contributed by atoms with Gasteiger partial charge in [-0.3, -0.25) is 0 Å². The molecular formula is C8H20N2O. The summed E-state index contributed by atoms with van der Waals surface area (Å²) in [6.07, 6.45) is 0. The molecule has 0 atom stereocenters. The van der Waals surface area contributed by atoms with E-state index in [-0.39, 0.29) is 0 Å². The van der Waals surface area contributed by atoms with Crippen molar-refractivity contribution in [3.63, 3.8) is 0 Å². The fourth-order valence-electron chi connectivity index (χ4n) is 0.516. The summed E-state index contributed by atoms with van der Waals surface area (Å²) in [5, 5.41) is 3.16. The third kappa shape index (κ3) is 9.88. The van der Waals surface area contributed by atoms with Gasteiger partial charge in [0.05, 0.1) is 13.2 Å². The SMILES string of the molecule is C1COCCN1.CCN(C)C. The summed E-state index contributed by atoms with van der Waals surface area (Å²) in [4.78, 5) is 2.12. The van der Waals surface area contributed by atoms with Gasteiger partial charge in [-0.2, -0.15) is 0 Å². The lowest BCUT2D eigenvalue weighted by Gasteiger charge is -2.10. The third-order valence-corrected chi connectivity index (χ3v) is 1.48. The molecule has 0 aromatic rings. The lowest BCUT2D eigenvalue weighted by molar-refractivity contribution is 0.109. The zero-order valence-electron chi connectivity index (χ0n) is 7.89. The Labute approximate surface area is 69.7 Å². The summed E-state index contributed by atoms with van der Waals surface area (Å²) in [5.74, 6) is 0. The van der Waals surface area contributed by atoms with Crippen LogP contribution in [0.5, 0.6) is 0 Å². The molecule has 0 aliphatic carbocycles. The van der Waals surface area contributed by atoms with Crippen LogP contribution in [-0.2, 0) is 4.74 Å². The predicted molar refractivity (Wildman–Crippen MR) is 47.9 cm³/mol. The van der Waals surface area contributed by atoms with Crippen LogP contribution >= 0.6 is 0 Å². The first-order valence-corrected chi connectivity index (χ1v) is 4.20. The van der Waals surface area contributed by atoms with E-state index in [9.17, 15) is 0 Å². The molecule has 1 aliphatic rings. The predicted octanol–water partition coefficient (Wildman–Crippen LogP) is 0.174. The fourth-order valence-corrected chi connectivity index (χ4v) is 0.516. The van der Waals surface area contributed by atoms with Crippen LogP contribution in [0, 0.1) is 0 Å². The van der Waals surface area contributed by atoms with Gasteiger partial charge < -0.3 is 15.0 Å². The largest absolute Gasteiger partial charge is 0.379 e. The smallest absolute Gasteiger partial charge is 0.0591 e. The molecule has 68 valence electrons. The van der Waals surface area contributed by atoms with E-state index >= 15 is 0 Å². The molecule has 3 nitrogen and oxygen atoms in total. The van der Waals surface area contributed by atoms with Crippen LogP contribution in [0.25, 0.3) is 0 Å². The average molecular weight is 160 g/mol. The van der Waals surface area contributed by atoms with Crippen LogP contribution < -0.4 is 5.32 Å². The van der Waals surface area contributed by atoms with E-state index in [2.05, 4.69) is 31.2 Å². The molecule has 0 aromatic carbocycles. The normalized spacial score (nSPS) is 17.5. The van der Waals surface area contributed by atoms with Crippen LogP contribution in [0.4, 0.5) is 0 Å². The summed E-state index contributed by atoms with van der Waals surface area (Å²) in [5.41, 5.74) is 0. The number of hydrogen-bond donors (Lipinski definition) is 1. The monoisotopic (exact) mass is 160 g/mol. The van der Waals surface area contributed by atoms with Gasteiger partial charge in [0.2, 0.25) is 0 Å². The van der Waals surface area contributed by atoms with Gasteiger partial charge in [-0.1, -0.05) is 6.92 Å². The number of ether oxygens (including phenoxy) is 1. The first-order chi connectivity index (χ1) is 5.27. The Morgan fingerprint density at radius 3 is 1.82 bits per heavy atom. The number of nitrogens with one attached hydrogen (secondary N) is 1. The second-order valence-electron chi connectivity index (χ2n) is 2.76. The average Bonchev–Trinajstić information content (AvgIpc) is 2.09. The quantitative estimate of drug-likeness (QED) is 0.592. The maximum absolute atomic E-state index is 5.01. The summed E-state index contributed by atoms with van der Waals surface area (Å²) in [6, 6.07) is 0. The Morgan fingerprint density at radius 2 is 1.73 bits per heavy atom. The molecule has 1 N–H and O–H groups in total. The van der Waals surface area contributed by atoms with E-state index in [1.807, 2.05) is 0 Å². The van der Waals surface area contributed by atoms with Gasteiger partial charge in [0.1, 0.15) is 0 Å². The van der Waals surface area contributed by atoms with Gasteiger partial charge in [0.25, 0.3) is 0 Å². The lowest BCUT2D eigenvalue weighted by atomic mass is 10.5. The van der Waals surface area contributed by atoms with Crippen LogP contribution in [-0.4, -0.2) is 51.8 Å². The first-order valence-electron chi connectivity index (χ1n) is 4.20. The van der Waals surface area contributed by atoms with E-state index in [1.165, 1.54) is 0 Å². The molecule has 3 heteroatoms. The van der Waals surface area contributed by atoms with Crippen molar-refractivity contribution in [1.29, 1.82) is 0 Å². The van der Waals surface area contributed by atoms with E-state index in [0.29, 0.717) is 0 Å². The van der Waals surface area contributed by atoms with Crippen LogP contribution in [0.15, 0.2) is 0 Å². The molecule has 0 radical (unpaired) electrons. The van der Waals surface area contributed by atoms with E-state index in [4.69, 9.17) is 4.74 Å². The second kappa shape index (κ2) is 7.98. The molecule has 1 rings (SSSR count). The van der Waals surface area contributed by atoms with Crippen molar-refractivity contribution in [2.45, 2.75) is 6.92 Å². The Bertz CT molecular complexity index is 61.0. The Balaban J connectivity index is 0.000000187. The topological polar surface area (TPSA) is 24.5 Å². The molecule has 0 saturated carbocycles. The first kappa shape index (κ1) is 10.9. The van der Waals surface area contributed by atoms with E-state index in [1.54, 1.807) is 0 Å². The molecule has 11 heavy (non-hydrogen) atoms. The highest BCUT2D eigenvalue weighted by molar-refractivity contribution is 4.49. The standard InChI is InChI=1S/C4H9NO.C4H11N/c1-3-6-4-2-5-1;1-4-5(2)3/h5H,1-4H2;4H2,1-3H3. The molecule has 1 heterocycles. The summed E-state index contributed by atoms with van der Waals surface area (Å²) in [7, 11) is 4.11. The van der Waals surface area contributed by atoms with E-state index in [0.717, 1.165) is 32.8 Å². The number of hydrogen-bond acceptors (Lipinski definition) is 3. The van der Waals surface area contributed by atoms with Gasteiger partial charge in [-0.05, 0) is 20.6 Å². The second-order valence-corrected chi connectivity index (χ2v) is 2.76.